The molecule has 0 unspecified atom stereocenters. The minimum Gasteiger partial charge on any atom is -0.491 e. The van der Waals surface area contributed by atoms with Gasteiger partial charge >= 0.3 is 6.09 Å². The van der Waals surface area contributed by atoms with Crippen LogP contribution < -0.4 is 10.1 Å². The molecular formula is C18H20FNO3. The van der Waals surface area contributed by atoms with Crippen molar-refractivity contribution in [2.45, 2.75) is 19.6 Å². The summed E-state index contributed by atoms with van der Waals surface area (Å²) in [6.07, 6.45) is -0.473. The molecule has 0 aliphatic heterocycles. The van der Waals surface area contributed by atoms with Gasteiger partial charge in [-0.1, -0.05) is 42.5 Å². The lowest BCUT2D eigenvalue weighted by molar-refractivity contribution is 0.136. The third-order valence-electron chi connectivity index (χ3n) is 3.27. The van der Waals surface area contributed by atoms with Crippen LogP contribution in [-0.2, 0) is 11.3 Å². The van der Waals surface area contributed by atoms with Crippen molar-refractivity contribution in [2.75, 3.05) is 13.3 Å². The minimum absolute atomic E-state index is 0.0406. The number of carbonyl (C=O) groups is 1. The molecule has 0 radical (unpaired) electrons. The van der Waals surface area contributed by atoms with Crippen LogP contribution in [0.1, 0.15) is 24.1 Å². The Morgan fingerprint density at radius 3 is 2.48 bits per heavy atom. The quantitative estimate of drug-likeness (QED) is 0.839. The van der Waals surface area contributed by atoms with Gasteiger partial charge in [-0.05, 0) is 30.2 Å². The molecule has 0 saturated heterocycles. The Hall–Kier alpha value is -2.56. The lowest BCUT2D eigenvalue weighted by Crippen LogP contribution is -2.27. The van der Waals surface area contributed by atoms with Crippen LogP contribution >= 0.6 is 0 Å². The van der Waals surface area contributed by atoms with E-state index in [1.54, 1.807) is 12.1 Å². The first-order valence-corrected chi connectivity index (χ1v) is 7.45. The molecule has 0 spiro atoms. The second-order valence-electron chi connectivity index (χ2n) is 5.03. The molecule has 0 fully saturated rings. The smallest absolute Gasteiger partial charge is 0.407 e. The van der Waals surface area contributed by atoms with Gasteiger partial charge < -0.3 is 14.8 Å². The standard InChI is InChI=1S/C18H20FNO3/c1-14(16-7-9-17(10-8-16)22-12-11-19)20-18(21)23-13-15-5-3-2-4-6-15/h2-10,14H,11-13H2,1H3,(H,20,21)/t14-/m1/s1. The number of alkyl halides is 1. The molecule has 0 heterocycles. The third kappa shape index (κ3) is 5.62. The lowest BCUT2D eigenvalue weighted by atomic mass is 10.1. The zero-order valence-corrected chi connectivity index (χ0v) is 13.0. The second kappa shape index (κ2) is 8.78. The normalized spacial score (nSPS) is 11.6. The first kappa shape index (κ1) is 16.8. The SMILES string of the molecule is C[C@@H](NC(=O)OCc1ccccc1)c1ccc(OCCF)cc1. The number of halogens is 1. The molecule has 0 aliphatic rings. The van der Waals surface area contributed by atoms with Crippen LogP contribution in [0.3, 0.4) is 0 Å². The maximum Gasteiger partial charge on any atom is 0.407 e. The summed E-state index contributed by atoms with van der Waals surface area (Å²) in [5, 5.41) is 2.77. The summed E-state index contributed by atoms with van der Waals surface area (Å²) < 4.78 is 22.4. The van der Waals surface area contributed by atoms with E-state index in [1.165, 1.54) is 0 Å². The topological polar surface area (TPSA) is 47.6 Å². The highest BCUT2D eigenvalue weighted by molar-refractivity contribution is 5.67. The summed E-state index contributed by atoms with van der Waals surface area (Å²) in [5.41, 5.74) is 1.85. The molecule has 2 rings (SSSR count). The molecule has 122 valence electrons. The van der Waals surface area contributed by atoms with Gasteiger partial charge in [0.2, 0.25) is 0 Å². The van der Waals surface area contributed by atoms with Crippen LogP contribution in [0, 0.1) is 0 Å². The van der Waals surface area contributed by atoms with Crippen molar-refractivity contribution in [2.24, 2.45) is 0 Å². The molecule has 0 aromatic heterocycles. The number of carbonyl (C=O) groups excluding carboxylic acids is 1. The van der Waals surface area contributed by atoms with E-state index in [1.807, 2.05) is 49.4 Å². The molecule has 4 nitrogen and oxygen atoms in total. The van der Waals surface area contributed by atoms with Gasteiger partial charge in [-0.25, -0.2) is 9.18 Å². The highest BCUT2D eigenvalue weighted by atomic mass is 19.1. The fourth-order valence-electron chi connectivity index (χ4n) is 2.03. The van der Waals surface area contributed by atoms with E-state index < -0.39 is 12.8 Å². The number of amides is 1. The van der Waals surface area contributed by atoms with Gasteiger partial charge in [-0.3, -0.25) is 0 Å². The van der Waals surface area contributed by atoms with Crippen LogP contribution in [0.4, 0.5) is 9.18 Å². The second-order valence-corrected chi connectivity index (χ2v) is 5.03. The summed E-state index contributed by atoms with van der Waals surface area (Å²) >= 11 is 0. The number of hydrogen-bond donors (Lipinski definition) is 1. The van der Waals surface area contributed by atoms with Crippen LogP contribution in [0.25, 0.3) is 0 Å². The zero-order valence-electron chi connectivity index (χ0n) is 13.0. The van der Waals surface area contributed by atoms with Crippen molar-refractivity contribution in [1.82, 2.24) is 5.32 Å². The van der Waals surface area contributed by atoms with Gasteiger partial charge in [0.05, 0.1) is 6.04 Å². The van der Waals surface area contributed by atoms with Crippen LogP contribution in [-0.4, -0.2) is 19.4 Å². The van der Waals surface area contributed by atoms with Crippen molar-refractivity contribution in [3.63, 3.8) is 0 Å². The number of ether oxygens (including phenoxy) is 2. The number of nitrogens with one attached hydrogen (secondary N) is 1. The maximum absolute atomic E-state index is 12.0. The molecule has 1 N–H and O–H groups in total. The highest BCUT2D eigenvalue weighted by Crippen LogP contribution is 2.17. The maximum atomic E-state index is 12.0. The molecule has 1 atom stereocenters. The number of hydrogen-bond acceptors (Lipinski definition) is 3. The Labute approximate surface area is 135 Å². The van der Waals surface area contributed by atoms with Crippen LogP contribution in [0.2, 0.25) is 0 Å². The summed E-state index contributed by atoms with van der Waals surface area (Å²) in [6.45, 7) is 1.61. The molecule has 0 aliphatic carbocycles. The lowest BCUT2D eigenvalue weighted by Gasteiger charge is -2.15. The molecule has 0 bridgehead atoms. The Morgan fingerprint density at radius 1 is 1.13 bits per heavy atom. The van der Waals surface area contributed by atoms with Crippen molar-refractivity contribution in [3.8, 4) is 5.75 Å². The largest absolute Gasteiger partial charge is 0.491 e. The van der Waals surface area contributed by atoms with E-state index in [0.717, 1.165) is 11.1 Å². The Bertz CT molecular complexity index is 601. The van der Waals surface area contributed by atoms with Crippen molar-refractivity contribution >= 4 is 6.09 Å². The van der Waals surface area contributed by atoms with E-state index in [9.17, 15) is 9.18 Å². The van der Waals surface area contributed by atoms with Gasteiger partial charge in [-0.2, -0.15) is 0 Å². The van der Waals surface area contributed by atoms with E-state index in [4.69, 9.17) is 9.47 Å². The fraction of sp³-hybridized carbons (Fsp3) is 0.278. The molecular weight excluding hydrogens is 297 g/mol. The fourth-order valence-corrected chi connectivity index (χ4v) is 2.03. The molecule has 0 saturated carbocycles. The molecule has 2 aromatic carbocycles. The summed E-state index contributed by atoms with van der Waals surface area (Å²) in [4.78, 5) is 11.8. The Balaban J connectivity index is 1.81. The third-order valence-corrected chi connectivity index (χ3v) is 3.27. The van der Waals surface area contributed by atoms with E-state index in [2.05, 4.69) is 5.32 Å². The van der Waals surface area contributed by atoms with Crippen molar-refractivity contribution in [1.29, 1.82) is 0 Å². The average Bonchev–Trinajstić information content (AvgIpc) is 2.59. The summed E-state index contributed by atoms with van der Waals surface area (Å²) in [5.74, 6) is 0.602. The number of benzene rings is 2. The van der Waals surface area contributed by atoms with E-state index in [0.29, 0.717) is 5.75 Å². The van der Waals surface area contributed by atoms with E-state index >= 15 is 0 Å². The first-order valence-electron chi connectivity index (χ1n) is 7.45. The van der Waals surface area contributed by atoms with Crippen LogP contribution in [0.5, 0.6) is 5.75 Å². The zero-order chi connectivity index (χ0) is 16.5. The summed E-state index contributed by atoms with van der Waals surface area (Å²) in [7, 11) is 0. The monoisotopic (exact) mass is 317 g/mol. The van der Waals surface area contributed by atoms with Crippen molar-refractivity contribution < 1.29 is 18.7 Å². The molecule has 5 heteroatoms. The predicted molar refractivity (Wildman–Crippen MR) is 86.1 cm³/mol. The molecule has 1 amide bonds. The Kier molecular flexibility index (Phi) is 6.41. The van der Waals surface area contributed by atoms with Gasteiger partial charge in [0.1, 0.15) is 25.6 Å². The number of alkyl carbamates (subject to hydrolysis) is 1. The molecule has 2 aromatic rings. The Morgan fingerprint density at radius 2 is 1.83 bits per heavy atom. The highest BCUT2D eigenvalue weighted by Gasteiger charge is 2.10. The van der Waals surface area contributed by atoms with Gasteiger partial charge in [0.25, 0.3) is 0 Å². The average molecular weight is 317 g/mol. The van der Waals surface area contributed by atoms with Gasteiger partial charge in [0.15, 0.2) is 0 Å². The predicted octanol–water partition coefficient (Wildman–Crippen LogP) is 4.02. The number of rotatable bonds is 7. The molecule has 23 heavy (non-hydrogen) atoms. The van der Waals surface area contributed by atoms with Gasteiger partial charge in [0, 0.05) is 0 Å². The van der Waals surface area contributed by atoms with Gasteiger partial charge in [-0.15, -0.1) is 0 Å². The van der Waals surface area contributed by atoms with E-state index in [-0.39, 0.29) is 19.3 Å². The minimum atomic E-state index is -0.521. The summed E-state index contributed by atoms with van der Waals surface area (Å²) in [6, 6.07) is 16.4. The first-order chi connectivity index (χ1) is 11.2. The van der Waals surface area contributed by atoms with Crippen molar-refractivity contribution in [3.05, 3.63) is 65.7 Å². The van der Waals surface area contributed by atoms with Crippen LogP contribution in [0.15, 0.2) is 54.6 Å².